The fraction of sp³-hybridized carbons (Fsp3) is 0.192. The lowest BCUT2D eigenvalue weighted by Crippen LogP contribution is -2.43. The number of fused-ring (bicyclic) bond motifs is 1. The average Bonchev–Trinajstić information content (AvgIpc) is 2.77. The zero-order chi connectivity index (χ0) is 23.2. The van der Waals surface area contributed by atoms with Crippen LogP contribution in [0.15, 0.2) is 82.0 Å². The van der Waals surface area contributed by atoms with Crippen LogP contribution in [0.1, 0.15) is 24.8 Å². The highest BCUT2D eigenvalue weighted by Gasteiger charge is 2.34. The van der Waals surface area contributed by atoms with E-state index in [1.165, 1.54) is 6.07 Å². The van der Waals surface area contributed by atoms with E-state index in [4.69, 9.17) is 10.2 Å². The summed E-state index contributed by atoms with van der Waals surface area (Å²) in [4.78, 5) is 13.6. The highest BCUT2D eigenvalue weighted by Crippen LogP contribution is 2.40. The van der Waals surface area contributed by atoms with Gasteiger partial charge in [0.05, 0.1) is 10.9 Å². The first kappa shape index (κ1) is 21.3. The van der Waals surface area contributed by atoms with Crippen LogP contribution in [0, 0.1) is 0 Å². The van der Waals surface area contributed by atoms with Gasteiger partial charge in [-0.3, -0.25) is 4.79 Å². The largest absolute Gasteiger partial charge is 0.573 e. The van der Waals surface area contributed by atoms with Crippen LogP contribution in [-0.4, -0.2) is 6.36 Å². The molecule has 0 bridgehead atoms. The first-order valence-corrected chi connectivity index (χ1v) is 10.6. The molecule has 4 nitrogen and oxygen atoms in total. The van der Waals surface area contributed by atoms with Crippen LogP contribution in [0.25, 0.3) is 33.4 Å². The Morgan fingerprint density at radius 1 is 0.909 bits per heavy atom. The normalized spacial score (nSPS) is 15.3. The molecule has 0 radical (unpaired) electrons. The third-order valence-corrected chi connectivity index (χ3v) is 6.13. The molecule has 1 heterocycles. The summed E-state index contributed by atoms with van der Waals surface area (Å²) in [6.07, 6.45) is -1.98. The van der Waals surface area contributed by atoms with Crippen molar-refractivity contribution in [1.82, 2.24) is 0 Å². The fourth-order valence-electron chi connectivity index (χ4n) is 4.24. The quantitative estimate of drug-likeness (QED) is 0.392. The lowest BCUT2D eigenvalue weighted by atomic mass is 9.72. The van der Waals surface area contributed by atoms with E-state index in [1.807, 2.05) is 54.6 Å². The molecule has 0 atom stereocenters. The van der Waals surface area contributed by atoms with Crippen molar-refractivity contribution in [3.63, 3.8) is 0 Å². The molecule has 7 heteroatoms. The van der Waals surface area contributed by atoms with E-state index in [1.54, 1.807) is 0 Å². The molecule has 168 valence electrons. The van der Waals surface area contributed by atoms with Crippen molar-refractivity contribution in [2.45, 2.75) is 31.2 Å². The van der Waals surface area contributed by atoms with E-state index >= 15 is 0 Å². The number of ether oxygens (including phenoxy) is 1. The summed E-state index contributed by atoms with van der Waals surface area (Å²) >= 11 is 0. The second kappa shape index (κ2) is 7.78. The van der Waals surface area contributed by atoms with Crippen molar-refractivity contribution in [1.29, 1.82) is 0 Å². The minimum Gasteiger partial charge on any atom is -0.455 e. The molecule has 0 aliphatic heterocycles. The second-order valence-corrected chi connectivity index (χ2v) is 8.29. The molecule has 1 fully saturated rings. The number of nitrogens with two attached hydrogens (primary N) is 1. The summed E-state index contributed by atoms with van der Waals surface area (Å²) in [5, 5.41) is 0.00444. The summed E-state index contributed by atoms with van der Waals surface area (Å²) in [5.74, 6) is -0.137. The van der Waals surface area contributed by atoms with Crippen molar-refractivity contribution in [2.75, 3.05) is 0 Å². The third-order valence-electron chi connectivity index (χ3n) is 6.13. The van der Waals surface area contributed by atoms with Crippen molar-refractivity contribution in [2.24, 2.45) is 5.73 Å². The third kappa shape index (κ3) is 4.00. The second-order valence-electron chi connectivity index (χ2n) is 8.29. The van der Waals surface area contributed by atoms with E-state index < -0.39 is 17.5 Å². The molecule has 1 saturated carbocycles. The zero-order valence-corrected chi connectivity index (χ0v) is 17.5. The summed E-state index contributed by atoms with van der Waals surface area (Å²) in [5.41, 5.74) is 8.33. The lowest BCUT2D eigenvalue weighted by Gasteiger charge is -2.38. The lowest BCUT2D eigenvalue weighted by molar-refractivity contribution is -0.274. The molecule has 0 saturated heterocycles. The Bertz CT molecular complexity index is 1370. The van der Waals surface area contributed by atoms with Crippen molar-refractivity contribution >= 4 is 11.0 Å². The minimum absolute atomic E-state index is 0.00444. The Kier molecular flexibility index (Phi) is 5.01. The van der Waals surface area contributed by atoms with E-state index in [9.17, 15) is 18.0 Å². The summed E-state index contributed by atoms with van der Waals surface area (Å²) in [7, 11) is 0. The molecule has 2 N–H and O–H groups in total. The fourth-order valence-corrected chi connectivity index (χ4v) is 4.24. The van der Waals surface area contributed by atoms with Gasteiger partial charge in [0.2, 0.25) is 5.43 Å². The van der Waals surface area contributed by atoms with Crippen LogP contribution in [0.5, 0.6) is 5.75 Å². The maximum Gasteiger partial charge on any atom is 0.573 e. The molecular formula is C26H20F3NO3. The maximum absolute atomic E-state index is 13.6. The molecular weight excluding hydrogens is 431 g/mol. The van der Waals surface area contributed by atoms with Crippen LogP contribution >= 0.6 is 0 Å². The first-order chi connectivity index (χ1) is 15.7. The summed E-state index contributed by atoms with van der Waals surface area (Å²) in [6, 6.07) is 20.0. The van der Waals surface area contributed by atoms with E-state index in [2.05, 4.69) is 4.74 Å². The smallest absolute Gasteiger partial charge is 0.455 e. The number of benzene rings is 3. The van der Waals surface area contributed by atoms with Gasteiger partial charge in [0.25, 0.3) is 0 Å². The van der Waals surface area contributed by atoms with Crippen LogP contribution in [0.2, 0.25) is 0 Å². The highest BCUT2D eigenvalue weighted by molar-refractivity contribution is 5.89. The Morgan fingerprint density at radius 2 is 1.61 bits per heavy atom. The molecule has 1 aliphatic rings. The Morgan fingerprint density at radius 3 is 2.21 bits per heavy atom. The van der Waals surface area contributed by atoms with Gasteiger partial charge in [-0.1, -0.05) is 54.6 Å². The Balaban J connectivity index is 1.70. The van der Waals surface area contributed by atoms with Gasteiger partial charge >= 0.3 is 6.36 Å². The molecule has 4 aromatic rings. The molecule has 0 amide bonds. The van der Waals surface area contributed by atoms with Crippen LogP contribution in [0.4, 0.5) is 13.2 Å². The predicted molar refractivity (Wildman–Crippen MR) is 120 cm³/mol. The topological polar surface area (TPSA) is 65.5 Å². The standard InChI is InChI=1S/C26H20F3NO3/c27-26(28,29)33-19-11-12-21-20(15-19)23(31)22(24(32-21)17-5-2-1-3-6-17)16-7-9-18(10-8-16)25(30)13-4-14-25/h1-3,5-12,15H,4,13-14,30H2. The van der Waals surface area contributed by atoms with Gasteiger partial charge in [0, 0.05) is 11.1 Å². The van der Waals surface area contributed by atoms with Crippen LogP contribution < -0.4 is 15.9 Å². The van der Waals surface area contributed by atoms with Gasteiger partial charge < -0.3 is 14.9 Å². The number of hydrogen-bond acceptors (Lipinski definition) is 4. The maximum atomic E-state index is 13.6. The van der Waals surface area contributed by atoms with Crippen molar-refractivity contribution in [3.05, 3.63) is 88.6 Å². The predicted octanol–water partition coefficient (Wildman–Crippen LogP) is 6.36. The van der Waals surface area contributed by atoms with Gasteiger partial charge in [-0.25, -0.2) is 0 Å². The minimum atomic E-state index is -4.86. The van der Waals surface area contributed by atoms with E-state index in [0.29, 0.717) is 16.9 Å². The molecule has 33 heavy (non-hydrogen) atoms. The molecule has 0 spiro atoms. The molecule has 5 rings (SSSR count). The van der Waals surface area contributed by atoms with Crippen LogP contribution in [0.3, 0.4) is 0 Å². The summed E-state index contributed by atoms with van der Waals surface area (Å²) in [6.45, 7) is 0. The van der Waals surface area contributed by atoms with Gasteiger partial charge in [-0.05, 0) is 48.6 Å². The average molecular weight is 451 g/mol. The zero-order valence-electron chi connectivity index (χ0n) is 17.5. The number of rotatable bonds is 4. The first-order valence-electron chi connectivity index (χ1n) is 10.6. The van der Waals surface area contributed by atoms with Crippen LogP contribution in [-0.2, 0) is 5.54 Å². The van der Waals surface area contributed by atoms with E-state index in [-0.39, 0.29) is 22.1 Å². The van der Waals surface area contributed by atoms with Gasteiger partial charge in [0.15, 0.2) is 0 Å². The number of alkyl halides is 3. The highest BCUT2D eigenvalue weighted by atomic mass is 19.4. The van der Waals surface area contributed by atoms with E-state index in [0.717, 1.165) is 37.0 Å². The summed E-state index contributed by atoms with van der Waals surface area (Å²) < 4.78 is 48.2. The monoisotopic (exact) mass is 451 g/mol. The van der Waals surface area contributed by atoms with Gasteiger partial charge in [-0.15, -0.1) is 13.2 Å². The van der Waals surface area contributed by atoms with Gasteiger partial charge in [0.1, 0.15) is 17.1 Å². The van der Waals surface area contributed by atoms with Gasteiger partial charge in [-0.2, -0.15) is 0 Å². The molecule has 3 aromatic carbocycles. The number of hydrogen-bond donors (Lipinski definition) is 1. The molecule has 1 aromatic heterocycles. The Hall–Kier alpha value is -3.58. The molecule has 0 unspecified atom stereocenters. The SMILES string of the molecule is NC1(c2ccc(-c3c(-c4ccccc4)oc4ccc(OC(F)(F)F)cc4c3=O)cc2)CCC1. The number of halogens is 3. The Labute approximate surface area is 187 Å². The van der Waals surface area contributed by atoms with Crippen molar-refractivity contribution in [3.8, 4) is 28.2 Å². The molecule has 1 aliphatic carbocycles. The van der Waals surface area contributed by atoms with Crippen molar-refractivity contribution < 1.29 is 22.3 Å².